The van der Waals surface area contributed by atoms with Crippen LogP contribution in [-0.4, -0.2) is 123 Å². The Morgan fingerprint density at radius 1 is 0.782 bits per heavy atom. The molecule has 18 unspecified atom stereocenters. The van der Waals surface area contributed by atoms with Crippen LogP contribution in [0, 0.1) is 24.2 Å². The minimum absolute atomic E-state index is 0.0875. The van der Waals surface area contributed by atoms with Crippen molar-refractivity contribution in [3.63, 3.8) is 0 Å². The number of aliphatic hydroxyl groups excluding tert-OH is 2. The highest BCUT2D eigenvalue weighted by molar-refractivity contribution is 5.93. The van der Waals surface area contributed by atoms with Crippen molar-refractivity contribution in [1.82, 2.24) is 0 Å². The summed E-state index contributed by atoms with van der Waals surface area (Å²) in [6, 6.07) is 1.95. The van der Waals surface area contributed by atoms with Crippen molar-refractivity contribution in [2.24, 2.45) is 17.3 Å². The number of methoxy groups -OCH3 is 3. The number of aliphatic hydroxyl groups is 2. The summed E-state index contributed by atoms with van der Waals surface area (Å²) in [6.45, 7) is 11.9. The fourth-order valence-corrected chi connectivity index (χ4v) is 10.9. The maximum absolute atomic E-state index is 14.1. The largest absolute Gasteiger partial charge is 0.469 e. The average molecular weight is 777 g/mol. The molecule has 13 nitrogen and oxygen atoms in total. The molecule has 4 heterocycles. The number of allylic oxidation sites excluding steroid dienone is 1. The van der Waals surface area contributed by atoms with E-state index in [9.17, 15) is 15.0 Å². The minimum Gasteiger partial charge on any atom is -0.469 e. The second-order valence-corrected chi connectivity index (χ2v) is 17.4. The smallest absolute Gasteiger partial charge is 0.161 e. The Bertz CT molecular complexity index is 1510. The van der Waals surface area contributed by atoms with Gasteiger partial charge in [0.1, 0.15) is 29.9 Å². The van der Waals surface area contributed by atoms with E-state index < -0.39 is 73.1 Å². The van der Waals surface area contributed by atoms with Crippen LogP contribution in [0.15, 0.2) is 28.4 Å². The van der Waals surface area contributed by atoms with Gasteiger partial charge in [0.05, 0.1) is 60.5 Å². The van der Waals surface area contributed by atoms with Crippen molar-refractivity contribution in [2.45, 2.75) is 184 Å². The van der Waals surface area contributed by atoms with Gasteiger partial charge in [0.2, 0.25) is 0 Å². The lowest BCUT2D eigenvalue weighted by Crippen LogP contribution is -2.57. The van der Waals surface area contributed by atoms with Crippen LogP contribution >= 0.6 is 0 Å². The van der Waals surface area contributed by atoms with E-state index in [1.807, 2.05) is 26.8 Å². The number of Topliss-reactive ketones (excluding diaryl/α,β-unsaturated/α-hetero) is 1. The third-order valence-corrected chi connectivity index (χ3v) is 14.2. The zero-order chi connectivity index (χ0) is 39.4. The number of carbonyl (C=O) groups is 1. The molecule has 1 aromatic rings. The first-order chi connectivity index (χ1) is 26.2. The Kier molecular flexibility index (Phi) is 12.4. The molecule has 0 spiro atoms. The van der Waals surface area contributed by atoms with Gasteiger partial charge in [-0.2, -0.15) is 0 Å². The van der Waals surface area contributed by atoms with E-state index >= 15 is 0 Å². The van der Waals surface area contributed by atoms with Crippen molar-refractivity contribution < 1.29 is 62.1 Å². The summed E-state index contributed by atoms with van der Waals surface area (Å²) in [6.07, 6.45) is 1.84. The van der Waals surface area contributed by atoms with Crippen LogP contribution < -0.4 is 0 Å². The molecule has 5 fully saturated rings. The third-order valence-electron chi connectivity index (χ3n) is 14.2. The molecule has 2 saturated carbocycles. The van der Waals surface area contributed by atoms with E-state index in [4.69, 9.17) is 47.0 Å². The molecule has 3 saturated heterocycles. The molecule has 1 aromatic heterocycles. The van der Waals surface area contributed by atoms with Gasteiger partial charge >= 0.3 is 0 Å². The normalized spacial score (nSPS) is 47.8. The molecule has 0 amide bonds. The quantitative estimate of drug-likeness (QED) is 0.310. The van der Waals surface area contributed by atoms with Crippen LogP contribution in [0.3, 0.4) is 0 Å². The lowest BCUT2D eigenvalue weighted by Gasteiger charge is -2.55. The van der Waals surface area contributed by atoms with Crippen LogP contribution in [0.1, 0.15) is 97.3 Å². The van der Waals surface area contributed by atoms with E-state index in [0.717, 1.165) is 24.2 Å². The minimum atomic E-state index is -0.731. The van der Waals surface area contributed by atoms with Crippen LogP contribution in [0.5, 0.6) is 0 Å². The Morgan fingerprint density at radius 2 is 1.35 bits per heavy atom. The summed E-state index contributed by atoms with van der Waals surface area (Å²) in [5.41, 5.74) is 1.43. The van der Waals surface area contributed by atoms with E-state index in [0.29, 0.717) is 38.5 Å². The first kappa shape index (κ1) is 41.4. The number of ether oxygens (including phenoxy) is 9. The van der Waals surface area contributed by atoms with Crippen molar-refractivity contribution in [3.05, 3.63) is 35.3 Å². The number of hydrogen-bond acceptors (Lipinski definition) is 13. The van der Waals surface area contributed by atoms with Gasteiger partial charge in [-0.1, -0.05) is 18.6 Å². The van der Waals surface area contributed by atoms with Crippen LogP contribution in [0.25, 0.3) is 0 Å². The van der Waals surface area contributed by atoms with Gasteiger partial charge in [0.25, 0.3) is 0 Å². The fourth-order valence-electron chi connectivity index (χ4n) is 10.9. The second kappa shape index (κ2) is 16.5. The Hall–Kier alpha value is -1.75. The van der Waals surface area contributed by atoms with Gasteiger partial charge in [0, 0.05) is 52.1 Å². The average Bonchev–Trinajstić information content (AvgIpc) is 3.59. The summed E-state index contributed by atoms with van der Waals surface area (Å²) in [5, 5.41) is 22.0. The van der Waals surface area contributed by atoms with Gasteiger partial charge in [0.15, 0.2) is 18.9 Å². The summed E-state index contributed by atoms with van der Waals surface area (Å²) < 4.78 is 61.1. The number of fused-ring (bicyclic) bond motifs is 3. The van der Waals surface area contributed by atoms with Crippen LogP contribution in [0.2, 0.25) is 0 Å². The fraction of sp³-hybridized carbons (Fsp3) is 0.833. The zero-order valence-electron chi connectivity index (χ0n) is 34.0. The number of hydrogen-bond donors (Lipinski definition) is 2. The van der Waals surface area contributed by atoms with Gasteiger partial charge in [-0.05, 0) is 84.1 Å². The maximum atomic E-state index is 14.1. The highest BCUT2D eigenvalue weighted by Gasteiger charge is 2.57. The molecular weight excluding hydrogens is 712 g/mol. The number of ketones is 1. The van der Waals surface area contributed by atoms with E-state index in [2.05, 4.69) is 19.9 Å². The summed E-state index contributed by atoms with van der Waals surface area (Å²) >= 11 is 0. The zero-order valence-corrected chi connectivity index (χ0v) is 34.0. The molecule has 7 rings (SSSR count). The van der Waals surface area contributed by atoms with Gasteiger partial charge < -0.3 is 57.3 Å². The van der Waals surface area contributed by atoms with Crippen molar-refractivity contribution in [1.29, 1.82) is 0 Å². The van der Waals surface area contributed by atoms with E-state index in [1.165, 1.54) is 5.57 Å². The highest BCUT2D eigenvalue weighted by atomic mass is 16.7. The van der Waals surface area contributed by atoms with Gasteiger partial charge in [-0.25, -0.2) is 0 Å². The molecular formula is C42H64O13. The molecule has 55 heavy (non-hydrogen) atoms. The predicted octanol–water partition coefficient (Wildman–Crippen LogP) is 4.90. The SMILES string of the molecule is COC1CC(OC2C(C)OC(OC3C(C)OC(OC4CC5=CCC6C(=O)C(C)(c7ccoc7C)CCC6C5(C)CC4O)CC3OC)CC2OC)OC(C)C1O. The Morgan fingerprint density at radius 3 is 1.91 bits per heavy atom. The molecule has 0 aromatic carbocycles. The topological polar surface area (TPSA) is 154 Å². The van der Waals surface area contributed by atoms with Crippen LogP contribution in [-0.2, 0) is 52.8 Å². The summed E-state index contributed by atoms with van der Waals surface area (Å²) in [5.74, 6) is 1.18. The number of aryl methyl sites for hydroxylation is 1. The summed E-state index contributed by atoms with van der Waals surface area (Å²) in [4.78, 5) is 14.1. The van der Waals surface area contributed by atoms with Crippen molar-refractivity contribution in [3.8, 4) is 0 Å². The molecule has 2 N–H and O–H groups in total. The van der Waals surface area contributed by atoms with Crippen LogP contribution in [0.4, 0.5) is 0 Å². The Balaban J connectivity index is 0.949. The maximum Gasteiger partial charge on any atom is 0.161 e. The number of carbonyl (C=O) groups excluding carboxylic acids is 1. The highest BCUT2D eigenvalue weighted by Crippen LogP contribution is 2.59. The lowest BCUT2D eigenvalue weighted by atomic mass is 9.49. The second-order valence-electron chi connectivity index (χ2n) is 17.4. The molecule has 310 valence electrons. The Labute approximate surface area is 325 Å². The number of furan rings is 1. The molecule has 18 atom stereocenters. The van der Waals surface area contributed by atoms with Crippen molar-refractivity contribution >= 4 is 5.78 Å². The summed E-state index contributed by atoms with van der Waals surface area (Å²) in [7, 11) is 4.88. The van der Waals surface area contributed by atoms with Crippen molar-refractivity contribution in [2.75, 3.05) is 21.3 Å². The molecule has 13 heteroatoms. The number of rotatable bonds is 10. The molecule has 3 aliphatic carbocycles. The molecule has 6 aliphatic rings. The van der Waals surface area contributed by atoms with E-state index in [-0.39, 0.29) is 41.3 Å². The first-order valence-electron chi connectivity index (χ1n) is 20.4. The molecule has 0 bridgehead atoms. The standard InChI is InChI=1S/C42H64O13/c1-21-27(13-15-49-21)41(5)14-12-28-26(40(41)45)11-10-25-16-30(29(43)20-42(25,28)6)53-34-18-32(47-8)38(23(3)51-34)55-36-19-33(48-9)39(24(4)52-36)54-35-17-31(46-7)37(44)22(2)50-35/h10,13,15,22-24,26,28-39,43-44H,11-12,14,16-20H2,1-9H3. The first-order valence-corrected chi connectivity index (χ1v) is 20.4. The predicted molar refractivity (Wildman–Crippen MR) is 198 cm³/mol. The van der Waals surface area contributed by atoms with Gasteiger partial charge in [-0.15, -0.1) is 0 Å². The van der Waals surface area contributed by atoms with E-state index in [1.54, 1.807) is 34.5 Å². The third kappa shape index (κ3) is 7.78. The monoisotopic (exact) mass is 776 g/mol. The molecule has 3 aliphatic heterocycles. The molecule has 0 radical (unpaired) electrons. The van der Waals surface area contributed by atoms with Gasteiger partial charge in [-0.3, -0.25) is 4.79 Å². The lowest BCUT2D eigenvalue weighted by molar-refractivity contribution is -0.339.